The summed E-state index contributed by atoms with van der Waals surface area (Å²) in [4.78, 5) is 35.8. The van der Waals surface area contributed by atoms with Crippen LogP contribution in [0.25, 0.3) is 0 Å². The smallest absolute Gasteiger partial charge is 0.305 e. The molecular formula is C14H23NO5. The Kier molecular flexibility index (Phi) is 7.22. The summed E-state index contributed by atoms with van der Waals surface area (Å²) in [5.41, 5.74) is 0. The zero-order valence-electron chi connectivity index (χ0n) is 12.0. The number of imide groups is 1. The minimum absolute atomic E-state index is 0.166. The normalized spacial score (nSPS) is 18.4. The maximum atomic E-state index is 11.9. The lowest BCUT2D eigenvalue weighted by Gasteiger charge is -2.21. The van der Waals surface area contributed by atoms with Gasteiger partial charge >= 0.3 is 5.97 Å². The van der Waals surface area contributed by atoms with Gasteiger partial charge in [0.2, 0.25) is 11.8 Å². The zero-order valence-corrected chi connectivity index (χ0v) is 12.0. The number of nitrogens with zero attached hydrogens (tertiary/aromatic N) is 1. The molecule has 1 rings (SSSR count). The minimum Gasteiger partial charge on any atom is -0.466 e. The van der Waals surface area contributed by atoms with E-state index < -0.39 is 0 Å². The highest BCUT2D eigenvalue weighted by Gasteiger charge is 2.34. The van der Waals surface area contributed by atoms with Crippen LogP contribution < -0.4 is 0 Å². The van der Waals surface area contributed by atoms with Crippen molar-refractivity contribution < 1.29 is 24.2 Å². The average molecular weight is 285 g/mol. The van der Waals surface area contributed by atoms with E-state index in [4.69, 9.17) is 9.84 Å². The van der Waals surface area contributed by atoms with E-state index in [1.165, 1.54) is 4.90 Å². The van der Waals surface area contributed by atoms with Crippen LogP contribution in [-0.2, 0) is 19.1 Å². The van der Waals surface area contributed by atoms with E-state index in [9.17, 15) is 14.4 Å². The van der Waals surface area contributed by atoms with Gasteiger partial charge in [-0.1, -0.05) is 6.42 Å². The van der Waals surface area contributed by atoms with E-state index in [-0.39, 0.29) is 36.9 Å². The van der Waals surface area contributed by atoms with E-state index >= 15 is 0 Å². The third-order valence-corrected chi connectivity index (χ3v) is 3.38. The van der Waals surface area contributed by atoms with Crippen molar-refractivity contribution in [3.63, 3.8) is 0 Å². The van der Waals surface area contributed by atoms with Crippen LogP contribution in [0.3, 0.4) is 0 Å². The first kappa shape index (κ1) is 16.6. The number of amides is 2. The number of ether oxygens (including phenoxy) is 1. The first-order valence-electron chi connectivity index (χ1n) is 7.21. The lowest BCUT2D eigenvalue weighted by atomic mass is 10.1. The van der Waals surface area contributed by atoms with E-state index in [0.29, 0.717) is 38.7 Å². The van der Waals surface area contributed by atoms with Gasteiger partial charge in [-0.3, -0.25) is 19.3 Å². The predicted molar refractivity (Wildman–Crippen MR) is 71.7 cm³/mol. The van der Waals surface area contributed by atoms with Crippen molar-refractivity contribution in [3.05, 3.63) is 0 Å². The Bertz CT molecular complexity index is 355. The average Bonchev–Trinajstić information content (AvgIpc) is 2.79. The highest BCUT2D eigenvalue weighted by atomic mass is 16.5. The highest BCUT2D eigenvalue weighted by Crippen LogP contribution is 2.20. The van der Waals surface area contributed by atoms with E-state index in [0.717, 1.165) is 6.42 Å². The zero-order chi connectivity index (χ0) is 15.0. The topological polar surface area (TPSA) is 83.9 Å². The molecule has 20 heavy (non-hydrogen) atoms. The Morgan fingerprint density at radius 3 is 2.65 bits per heavy atom. The van der Waals surface area contributed by atoms with Crippen LogP contribution in [0.2, 0.25) is 0 Å². The molecule has 1 N–H and O–H groups in total. The summed E-state index contributed by atoms with van der Waals surface area (Å²) in [6.45, 7) is 1.98. The molecule has 0 radical (unpaired) electrons. The van der Waals surface area contributed by atoms with Crippen molar-refractivity contribution in [1.29, 1.82) is 0 Å². The van der Waals surface area contributed by atoms with Crippen LogP contribution in [0.4, 0.5) is 0 Å². The summed E-state index contributed by atoms with van der Waals surface area (Å²) < 4.78 is 4.81. The van der Waals surface area contributed by atoms with Gasteiger partial charge in [0, 0.05) is 19.3 Å². The van der Waals surface area contributed by atoms with E-state index in [1.54, 1.807) is 6.92 Å². The van der Waals surface area contributed by atoms with Crippen LogP contribution in [0, 0.1) is 0 Å². The quantitative estimate of drug-likeness (QED) is 0.531. The standard InChI is InChI=1S/C14H23NO5/c1-2-20-14(19)7-5-3-4-6-12(17)15-11(10-16)8-9-13(15)18/h11,16H,2-10H2,1H3/t11-/m1/s1. The van der Waals surface area contributed by atoms with Crippen molar-refractivity contribution >= 4 is 17.8 Å². The largest absolute Gasteiger partial charge is 0.466 e. The summed E-state index contributed by atoms with van der Waals surface area (Å²) in [5, 5.41) is 9.13. The number of aliphatic hydroxyl groups excluding tert-OH is 1. The Hall–Kier alpha value is -1.43. The lowest BCUT2D eigenvalue weighted by molar-refractivity contribution is -0.145. The second-order valence-electron chi connectivity index (χ2n) is 4.90. The molecule has 1 fully saturated rings. The number of carbonyl (C=O) groups is 3. The fourth-order valence-corrected chi connectivity index (χ4v) is 2.33. The molecule has 0 aromatic carbocycles. The molecule has 1 saturated heterocycles. The molecule has 0 saturated carbocycles. The van der Waals surface area contributed by atoms with E-state index in [1.807, 2.05) is 0 Å². The second kappa shape index (κ2) is 8.68. The van der Waals surface area contributed by atoms with Crippen LogP contribution in [0.15, 0.2) is 0 Å². The monoisotopic (exact) mass is 285 g/mol. The fraction of sp³-hybridized carbons (Fsp3) is 0.786. The number of rotatable bonds is 8. The molecule has 2 amide bonds. The molecule has 0 aromatic rings. The molecule has 0 bridgehead atoms. The van der Waals surface area contributed by atoms with Crippen LogP contribution in [0.1, 0.15) is 51.9 Å². The molecule has 114 valence electrons. The Morgan fingerprint density at radius 1 is 1.30 bits per heavy atom. The summed E-state index contributed by atoms with van der Waals surface area (Å²) in [5.74, 6) is -0.628. The molecule has 0 spiro atoms. The molecule has 0 unspecified atom stereocenters. The van der Waals surface area contributed by atoms with Gasteiger partial charge in [0.25, 0.3) is 0 Å². The van der Waals surface area contributed by atoms with Crippen LogP contribution in [-0.4, -0.2) is 47.0 Å². The van der Waals surface area contributed by atoms with Crippen LogP contribution in [0.5, 0.6) is 0 Å². The molecule has 1 aliphatic heterocycles. The number of esters is 1. The molecular weight excluding hydrogens is 262 g/mol. The molecule has 1 aliphatic rings. The molecule has 6 heteroatoms. The minimum atomic E-state index is -0.352. The van der Waals surface area contributed by atoms with Gasteiger partial charge in [0.1, 0.15) is 0 Å². The van der Waals surface area contributed by atoms with Crippen molar-refractivity contribution in [1.82, 2.24) is 4.90 Å². The fourth-order valence-electron chi connectivity index (χ4n) is 2.33. The lowest BCUT2D eigenvalue weighted by Crippen LogP contribution is -2.40. The first-order valence-corrected chi connectivity index (χ1v) is 7.21. The van der Waals surface area contributed by atoms with Crippen molar-refractivity contribution in [2.45, 2.75) is 57.9 Å². The maximum absolute atomic E-state index is 11.9. The third-order valence-electron chi connectivity index (χ3n) is 3.38. The van der Waals surface area contributed by atoms with Crippen molar-refractivity contribution in [3.8, 4) is 0 Å². The molecule has 0 aromatic heterocycles. The highest BCUT2D eigenvalue weighted by molar-refractivity contribution is 5.97. The summed E-state index contributed by atoms with van der Waals surface area (Å²) in [6.07, 6.45) is 3.60. The van der Waals surface area contributed by atoms with E-state index in [2.05, 4.69) is 0 Å². The van der Waals surface area contributed by atoms with Gasteiger partial charge in [0.05, 0.1) is 19.3 Å². The second-order valence-corrected chi connectivity index (χ2v) is 4.90. The summed E-state index contributed by atoms with van der Waals surface area (Å²) in [6, 6.07) is -0.352. The predicted octanol–water partition coefficient (Wildman–Crippen LogP) is 1.01. The van der Waals surface area contributed by atoms with Gasteiger partial charge in [-0.05, 0) is 26.2 Å². The van der Waals surface area contributed by atoms with Crippen LogP contribution >= 0.6 is 0 Å². The molecule has 1 atom stereocenters. The number of hydrogen-bond donors (Lipinski definition) is 1. The number of hydrogen-bond acceptors (Lipinski definition) is 5. The number of carbonyl (C=O) groups excluding carboxylic acids is 3. The molecule has 6 nitrogen and oxygen atoms in total. The first-order chi connectivity index (χ1) is 9.60. The van der Waals surface area contributed by atoms with Gasteiger partial charge < -0.3 is 9.84 Å². The Morgan fingerprint density at radius 2 is 2.00 bits per heavy atom. The number of aliphatic hydroxyl groups is 1. The Labute approximate surface area is 119 Å². The summed E-state index contributed by atoms with van der Waals surface area (Å²) in [7, 11) is 0. The van der Waals surface area contributed by atoms with Gasteiger partial charge in [-0.15, -0.1) is 0 Å². The number of likely N-dealkylation sites (tertiary alicyclic amines) is 1. The molecule has 1 heterocycles. The van der Waals surface area contributed by atoms with Crippen molar-refractivity contribution in [2.24, 2.45) is 0 Å². The number of unbranched alkanes of at least 4 members (excludes halogenated alkanes) is 2. The summed E-state index contributed by atoms with van der Waals surface area (Å²) >= 11 is 0. The third kappa shape index (κ3) is 4.92. The SMILES string of the molecule is CCOC(=O)CCCCCC(=O)N1C(=O)CC[C@@H]1CO. The van der Waals surface area contributed by atoms with Gasteiger partial charge in [0.15, 0.2) is 0 Å². The van der Waals surface area contributed by atoms with Crippen molar-refractivity contribution in [2.75, 3.05) is 13.2 Å². The van der Waals surface area contributed by atoms with Gasteiger partial charge in [-0.25, -0.2) is 0 Å². The Balaban J connectivity index is 2.20. The maximum Gasteiger partial charge on any atom is 0.305 e. The van der Waals surface area contributed by atoms with Gasteiger partial charge in [-0.2, -0.15) is 0 Å². The molecule has 0 aliphatic carbocycles.